The summed E-state index contributed by atoms with van der Waals surface area (Å²) in [6.07, 6.45) is 17.4. The fraction of sp³-hybridized carbons (Fsp3) is 0.742. The van der Waals surface area contributed by atoms with Crippen LogP contribution in [0.3, 0.4) is 0 Å². The maximum atomic E-state index is 14.9. The molecule has 10 aliphatic carbocycles. The first kappa shape index (κ1) is 52.5. The van der Waals surface area contributed by atoms with Crippen LogP contribution in [0.1, 0.15) is 187 Å². The Morgan fingerprint density at radius 2 is 0.889 bits per heavy atom. The number of carboxylic acid groups (broad SMARTS) is 1. The van der Waals surface area contributed by atoms with Crippen LogP contribution in [0.2, 0.25) is 0 Å². The average Bonchev–Trinajstić information content (AvgIpc) is 3.27. The summed E-state index contributed by atoms with van der Waals surface area (Å²) in [5.41, 5.74) is -3.38. The highest BCUT2D eigenvalue weighted by Crippen LogP contribution is 2.77. The standard InChI is InChI=1S/C31H40FNO3.C31H41NO4/c1-26(2)11-13-31(25(32)36)14-12-30(7)23(18(31)16-26)20(34)15-22-28(5)17-19(33-8)24(35)27(3,4)21(28)9-10-29(22,30)6;1-26(2)11-13-31(25(35)36)14-12-30(7)23(18(31)16-26)20(33)15-22-28(5)17-19(32-8)24(34)27(3,4)21(28)9-10-29(22,30)6/h15,17-18,21,23H,9-14,16H2,1-7H3;15,17-18,21,23H,9-14,16H2,1-7H3,(H,35,36)/t2*18-,21-,23-,28-,29+,30+,31-/m00/s1. The zero-order valence-corrected chi connectivity index (χ0v) is 45.8. The predicted molar refractivity (Wildman–Crippen MR) is 274 cm³/mol. The average molecular weight is 985 g/mol. The van der Waals surface area contributed by atoms with E-state index in [4.69, 9.17) is 13.1 Å². The van der Waals surface area contributed by atoms with E-state index in [9.17, 15) is 38.3 Å². The summed E-state index contributed by atoms with van der Waals surface area (Å²) in [4.78, 5) is 87.3. The lowest BCUT2D eigenvalue weighted by Gasteiger charge is -2.68. The van der Waals surface area contributed by atoms with Gasteiger partial charge in [-0.15, -0.1) is 0 Å². The molecule has 1 N–H and O–H groups in total. The van der Waals surface area contributed by atoms with Crippen LogP contribution in [0, 0.1) is 114 Å². The highest BCUT2D eigenvalue weighted by Gasteiger charge is 2.73. The third-order valence-electron chi connectivity index (χ3n) is 24.5. The van der Waals surface area contributed by atoms with Crippen LogP contribution in [0.15, 0.2) is 46.8 Å². The van der Waals surface area contributed by atoms with Crippen molar-refractivity contribution in [3.8, 4) is 0 Å². The molecule has 0 spiro atoms. The fourth-order valence-corrected chi connectivity index (χ4v) is 19.9. The molecule has 0 amide bonds. The van der Waals surface area contributed by atoms with Gasteiger partial charge in [0.2, 0.25) is 11.4 Å². The van der Waals surface area contributed by atoms with Gasteiger partial charge >= 0.3 is 12.0 Å². The molecule has 0 unspecified atom stereocenters. The lowest BCUT2D eigenvalue weighted by molar-refractivity contribution is -0.189. The van der Waals surface area contributed by atoms with Crippen molar-refractivity contribution < 1.29 is 38.3 Å². The molecule has 10 aliphatic rings. The van der Waals surface area contributed by atoms with Gasteiger partial charge in [0, 0.05) is 33.5 Å². The van der Waals surface area contributed by atoms with Gasteiger partial charge in [-0.1, -0.05) is 120 Å². The van der Waals surface area contributed by atoms with Crippen molar-refractivity contribution in [2.24, 2.45) is 100 Å². The summed E-state index contributed by atoms with van der Waals surface area (Å²) in [7, 11) is 0. The van der Waals surface area contributed by atoms with Crippen molar-refractivity contribution in [1.82, 2.24) is 0 Å². The van der Waals surface area contributed by atoms with Gasteiger partial charge in [-0.05, 0) is 158 Å². The molecule has 0 aromatic rings. The van der Waals surface area contributed by atoms with E-state index in [-0.39, 0.29) is 91.2 Å². The van der Waals surface area contributed by atoms with Gasteiger partial charge in [0.05, 0.1) is 24.0 Å². The molecule has 6 fully saturated rings. The Morgan fingerprint density at radius 1 is 0.542 bits per heavy atom. The molecule has 0 bridgehead atoms. The number of fused-ring (bicyclic) bond motifs is 14. The van der Waals surface area contributed by atoms with Crippen LogP contribution < -0.4 is 0 Å². The van der Waals surface area contributed by atoms with Gasteiger partial charge < -0.3 is 14.7 Å². The quantitative estimate of drug-likeness (QED) is 0.215. The van der Waals surface area contributed by atoms with E-state index in [0.717, 1.165) is 56.1 Å². The molecule has 0 heterocycles. The minimum absolute atomic E-state index is 0.000935. The number of aliphatic carboxylic acids is 1. The van der Waals surface area contributed by atoms with E-state index >= 15 is 0 Å². The van der Waals surface area contributed by atoms with Crippen molar-refractivity contribution in [2.45, 2.75) is 187 Å². The highest BCUT2D eigenvalue weighted by atomic mass is 19.1. The van der Waals surface area contributed by atoms with E-state index in [0.29, 0.717) is 44.9 Å². The number of hydrogen-bond acceptors (Lipinski definition) is 6. The van der Waals surface area contributed by atoms with Gasteiger partial charge in [0.15, 0.2) is 23.1 Å². The molecule has 388 valence electrons. The van der Waals surface area contributed by atoms with Gasteiger partial charge in [-0.2, -0.15) is 4.39 Å². The number of halogens is 1. The maximum Gasteiger partial charge on any atom is 0.309 e. The molecule has 14 atom stereocenters. The molecule has 9 nitrogen and oxygen atoms in total. The normalized spacial score (nSPS) is 46.7. The molecule has 0 aromatic heterocycles. The summed E-state index contributed by atoms with van der Waals surface area (Å²) < 4.78 is 14.9. The summed E-state index contributed by atoms with van der Waals surface area (Å²) in [6.45, 7) is 45.2. The number of nitrogens with zero attached hydrogens (tertiary/aromatic N) is 2. The number of Topliss-reactive ketones (excluding diaryl/α,β-unsaturated/α-hetero) is 2. The van der Waals surface area contributed by atoms with E-state index in [1.807, 2.05) is 52.0 Å². The topological polar surface area (TPSA) is 131 Å². The van der Waals surface area contributed by atoms with Crippen LogP contribution in [0.4, 0.5) is 4.39 Å². The van der Waals surface area contributed by atoms with Crippen LogP contribution in [-0.4, -0.2) is 40.2 Å². The highest BCUT2D eigenvalue weighted by molar-refractivity contribution is 6.04. The molecular weight excluding hydrogens is 904 g/mol. The Hall–Kier alpha value is -4.31. The largest absolute Gasteiger partial charge is 0.481 e. The first-order valence-corrected chi connectivity index (χ1v) is 27.3. The number of carbonyl (C=O) groups excluding carboxylic acids is 5. The number of allylic oxidation sites excluding steroid dienone is 8. The minimum atomic E-state index is -1.23. The van der Waals surface area contributed by atoms with E-state index in [1.54, 1.807) is 0 Å². The predicted octanol–water partition coefficient (Wildman–Crippen LogP) is 13.7. The molecule has 0 radical (unpaired) electrons. The maximum absolute atomic E-state index is 14.9. The van der Waals surface area contributed by atoms with Gasteiger partial charge in [0.1, 0.15) is 0 Å². The van der Waals surface area contributed by atoms with Crippen molar-refractivity contribution in [2.75, 3.05) is 0 Å². The van der Waals surface area contributed by atoms with E-state index in [2.05, 4.69) is 78.9 Å². The number of ketones is 4. The number of rotatable bonds is 2. The molecule has 6 saturated carbocycles. The lowest BCUT2D eigenvalue weighted by atomic mass is 9.34. The summed E-state index contributed by atoms with van der Waals surface area (Å²) in [6, 6.07) is -1.23. The first-order valence-electron chi connectivity index (χ1n) is 27.3. The monoisotopic (exact) mass is 985 g/mol. The Labute approximate surface area is 428 Å². The third kappa shape index (κ3) is 6.50. The van der Waals surface area contributed by atoms with Crippen LogP contribution in [-0.2, 0) is 28.8 Å². The second kappa shape index (κ2) is 15.6. The second-order valence-electron chi connectivity index (χ2n) is 29.3. The van der Waals surface area contributed by atoms with Gasteiger partial charge in [-0.25, -0.2) is 9.69 Å². The zero-order valence-electron chi connectivity index (χ0n) is 45.8. The van der Waals surface area contributed by atoms with Crippen LogP contribution >= 0.6 is 0 Å². The molecule has 0 aliphatic heterocycles. The Balaban J connectivity index is 0.000000178. The van der Waals surface area contributed by atoms with Crippen molar-refractivity contribution >= 4 is 35.1 Å². The molecule has 72 heavy (non-hydrogen) atoms. The summed E-state index contributed by atoms with van der Waals surface area (Å²) in [5.74, 6) is -2.05. The van der Waals surface area contributed by atoms with Crippen LogP contribution in [0.5, 0.6) is 0 Å². The third-order valence-corrected chi connectivity index (χ3v) is 24.5. The number of carboxylic acids is 1. The minimum Gasteiger partial charge on any atom is -0.481 e. The molecular formula is C62H81FN2O7. The zero-order chi connectivity index (χ0) is 53.4. The van der Waals surface area contributed by atoms with Crippen LogP contribution in [0.25, 0.3) is 9.69 Å². The van der Waals surface area contributed by atoms with Gasteiger partial charge in [0.25, 0.3) is 0 Å². The second-order valence-corrected chi connectivity index (χ2v) is 29.3. The van der Waals surface area contributed by atoms with Gasteiger partial charge in [-0.3, -0.25) is 19.2 Å². The SMILES string of the molecule is [C-]#[N+]C1=C[C@]2(C)C3=CC(=O)[C@@H]4[C@@H]5CC(C)(C)CC[C@]5(C(=O)F)CC[C@@]4(C)[C@]3(C)CC[C@H]2C(C)(C)C1=O.[C-]#[N+]C1=C[C@]2(C)C3=CC(=O)[C@@H]4[C@@H]5CC(C)(C)CC[C@]5(C(=O)O)CC[C@@]4(C)[C@]3(C)CC[C@H]2C(C)(C)C1=O. The first-order chi connectivity index (χ1) is 33.0. The molecule has 10 heteroatoms. The molecule has 0 saturated heterocycles. The van der Waals surface area contributed by atoms with E-state index in [1.165, 1.54) is 0 Å². The summed E-state index contributed by atoms with van der Waals surface area (Å²) in [5, 5.41) is 10.5. The van der Waals surface area contributed by atoms with Crippen molar-refractivity contribution in [1.29, 1.82) is 0 Å². The number of carbonyl (C=O) groups is 6. The van der Waals surface area contributed by atoms with Crippen molar-refractivity contribution in [3.63, 3.8) is 0 Å². The lowest BCUT2D eigenvalue weighted by Crippen LogP contribution is -2.65. The summed E-state index contributed by atoms with van der Waals surface area (Å²) >= 11 is 0. The molecule has 10 rings (SSSR count). The Morgan fingerprint density at radius 3 is 1.25 bits per heavy atom. The molecule has 0 aromatic carbocycles. The Kier molecular flexibility index (Phi) is 11.4. The smallest absolute Gasteiger partial charge is 0.309 e. The fourth-order valence-electron chi connectivity index (χ4n) is 19.9. The van der Waals surface area contributed by atoms with E-state index < -0.39 is 55.8 Å². The Bertz CT molecular complexity index is 2560. The van der Waals surface area contributed by atoms with Crippen molar-refractivity contribution in [3.05, 3.63) is 69.7 Å². The number of hydrogen-bond donors (Lipinski definition) is 1.